The Labute approximate surface area is 89.5 Å². The van der Waals surface area contributed by atoms with Crippen LogP contribution in [0.4, 0.5) is 4.39 Å². The molecule has 5 heteroatoms. The van der Waals surface area contributed by atoms with Crippen LogP contribution in [0.1, 0.15) is 10.6 Å². The van der Waals surface area contributed by atoms with Gasteiger partial charge in [-0.25, -0.2) is 9.37 Å². The maximum absolute atomic E-state index is 12.9. The monoisotopic (exact) mass is 225 g/mol. The van der Waals surface area contributed by atoms with Crippen molar-refractivity contribution in [3.05, 3.63) is 41.0 Å². The van der Waals surface area contributed by atoms with Gasteiger partial charge in [-0.3, -0.25) is 4.79 Å². The zero-order chi connectivity index (χ0) is 10.8. The van der Waals surface area contributed by atoms with Crippen LogP contribution in [0.2, 0.25) is 5.02 Å². The van der Waals surface area contributed by atoms with E-state index in [9.17, 15) is 9.18 Å². The van der Waals surface area contributed by atoms with Crippen molar-refractivity contribution in [3.8, 4) is 11.5 Å². The Morgan fingerprint density at radius 1 is 1.47 bits per heavy atom. The van der Waals surface area contributed by atoms with Crippen molar-refractivity contribution < 1.29 is 13.6 Å². The van der Waals surface area contributed by atoms with Crippen LogP contribution in [-0.4, -0.2) is 11.3 Å². The summed E-state index contributed by atoms with van der Waals surface area (Å²) >= 11 is 5.83. The molecule has 0 atom stereocenters. The number of hydrogen-bond donors (Lipinski definition) is 0. The van der Waals surface area contributed by atoms with Crippen LogP contribution in [0.25, 0.3) is 11.5 Å². The average Bonchev–Trinajstić information content (AvgIpc) is 2.70. The number of aldehydes is 1. The number of rotatable bonds is 2. The second-order valence-electron chi connectivity index (χ2n) is 2.81. The molecule has 15 heavy (non-hydrogen) atoms. The molecule has 0 saturated heterocycles. The third-order valence-corrected chi connectivity index (χ3v) is 2.13. The molecular formula is C10H5ClFNO2. The summed E-state index contributed by atoms with van der Waals surface area (Å²) in [5, 5.41) is 0.315. The fourth-order valence-corrected chi connectivity index (χ4v) is 1.33. The third kappa shape index (κ3) is 1.89. The Morgan fingerprint density at radius 3 is 2.93 bits per heavy atom. The molecule has 0 N–H and O–H groups in total. The fraction of sp³-hybridized carbons (Fsp3) is 0. The summed E-state index contributed by atoms with van der Waals surface area (Å²) in [4.78, 5) is 14.2. The highest BCUT2D eigenvalue weighted by Gasteiger charge is 2.10. The van der Waals surface area contributed by atoms with E-state index in [1.807, 2.05) is 0 Å². The largest absolute Gasteiger partial charge is 0.433 e. The van der Waals surface area contributed by atoms with Gasteiger partial charge in [0.1, 0.15) is 5.82 Å². The molecule has 1 heterocycles. The first-order chi connectivity index (χ1) is 7.20. The van der Waals surface area contributed by atoms with Crippen molar-refractivity contribution >= 4 is 17.9 Å². The highest BCUT2D eigenvalue weighted by atomic mass is 35.5. The number of nitrogens with zero attached hydrogens (tertiary/aromatic N) is 1. The summed E-state index contributed by atoms with van der Waals surface area (Å²) in [5.41, 5.74) is 0.324. The van der Waals surface area contributed by atoms with Crippen LogP contribution < -0.4 is 0 Å². The van der Waals surface area contributed by atoms with Crippen molar-refractivity contribution in [2.75, 3.05) is 0 Å². The third-order valence-electron chi connectivity index (χ3n) is 1.80. The van der Waals surface area contributed by atoms with E-state index in [4.69, 9.17) is 16.0 Å². The van der Waals surface area contributed by atoms with Gasteiger partial charge >= 0.3 is 0 Å². The first-order valence-corrected chi connectivity index (χ1v) is 4.45. The molecule has 2 rings (SSSR count). The summed E-state index contributed by atoms with van der Waals surface area (Å²) in [5.74, 6) is -0.243. The van der Waals surface area contributed by atoms with Gasteiger partial charge in [-0.15, -0.1) is 0 Å². The van der Waals surface area contributed by atoms with E-state index >= 15 is 0 Å². The Hall–Kier alpha value is -1.68. The zero-order valence-corrected chi connectivity index (χ0v) is 8.16. The summed E-state index contributed by atoms with van der Waals surface area (Å²) in [6, 6.07) is 3.83. The zero-order valence-electron chi connectivity index (χ0n) is 7.41. The van der Waals surface area contributed by atoms with E-state index in [2.05, 4.69) is 4.98 Å². The van der Waals surface area contributed by atoms with E-state index < -0.39 is 5.82 Å². The number of carbonyl (C=O) groups excluding carboxylic acids is 1. The minimum atomic E-state index is -0.444. The first-order valence-electron chi connectivity index (χ1n) is 4.07. The fourth-order valence-electron chi connectivity index (χ4n) is 1.13. The molecule has 0 amide bonds. The minimum Gasteiger partial charge on any atom is -0.433 e. The molecule has 0 aliphatic heterocycles. The predicted octanol–water partition coefficient (Wildman–Crippen LogP) is 2.95. The van der Waals surface area contributed by atoms with Gasteiger partial charge in [0.25, 0.3) is 0 Å². The lowest BCUT2D eigenvalue weighted by Crippen LogP contribution is -1.81. The lowest BCUT2D eigenvalue weighted by Gasteiger charge is -1.98. The molecule has 1 aromatic heterocycles. The topological polar surface area (TPSA) is 43.1 Å². The van der Waals surface area contributed by atoms with E-state index in [1.54, 1.807) is 0 Å². The number of benzene rings is 1. The number of carbonyl (C=O) groups is 1. The molecule has 1 aromatic carbocycles. The van der Waals surface area contributed by atoms with Crippen molar-refractivity contribution in [1.29, 1.82) is 0 Å². The van der Waals surface area contributed by atoms with Crippen LogP contribution in [0, 0.1) is 5.82 Å². The van der Waals surface area contributed by atoms with Crippen LogP contribution in [0.3, 0.4) is 0 Å². The van der Waals surface area contributed by atoms with Gasteiger partial charge in [-0.1, -0.05) is 11.6 Å². The molecule has 0 saturated carbocycles. The molecule has 3 nitrogen and oxygen atoms in total. The SMILES string of the molecule is O=Cc1cnc(-c2cc(F)ccc2Cl)o1. The number of aromatic nitrogens is 1. The average molecular weight is 226 g/mol. The number of hydrogen-bond acceptors (Lipinski definition) is 3. The van der Waals surface area contributed by atoms with Gasteiger partial charge in [0.2, 0.25) is 5.89 Å². The van der Waals surface area contributed by atoms with Crippen LogP contribution in [-0.2, 0) is 0 Å². The maximum atomic E-state index is 12.9. The molecule has 0 unspecified atom stereocenters. The second kappa shape index (κ2) is 3.82. The highest BCUT2D eigenvalue weighted by molar-refractivity contribution is 6.33. The normalized spacial score (nSPS) is 10.3. The molecule has 0 spiro atoms. The van der Waals surface area contributed by atoms with Crippen molar-refractivity contribution in [3.63, 3.8) is 0 Å². The lowest BCUT2D eigenvalue weighted by molar-refractivity contribution is 0.110. The summed E-state index contributed by atoms with van der Waals surface area (Å²) in [7, 11) is 0. The minimum absolute atomic E-state index is 0.0744. The van der Waals surface area contributed by atoms with Gasteiger partial charge in [-0.2, -0.15) is 0 Å². The summed E-state index contributed by atoms with van der Waals surface area (Å²) < 4.78 is 17.9. The van der Waals surface area contributed by atoms with Gasteiger partial charge in [0.05, 0.1) is 16.8 Å². The standard InChI is InChI=1S/C10H5ClFNO2/c11-9-2-1-6(12)3-8(9)10-13-4-7(5-14)15-10/h1-5H. The molecular weight excluding hydrogens is 221 g/mol. The Bertz CT molecular complexity index is 510. The predicted molar refractivity (Wildman–Crippen MR) is 52.3 cm³/mol. The first kappa shape index (κ1) is 9.86. The van der Waals surface area contributed by atoms with Gasteiger partial charge in [-0.05, 0) is 18.2 Å². The Balaban J connectivity index is 2.52. The van der Waals surface area contributed by atoms with E-state index in [0.717, 1.165) is 0 Å². The van der Waals surface area contributed by atoms with E-state index in [0.29, 0.717) is 16.9 Å². The number of oxazole rings is 1. The molecule has 0 aliphatic carbocycles. The highest BCUT2D eigenvalue weighted by Crippen LogP contribution is 2.27. The maximum Gasteiger partial charge on any atom is 0.228 e. The Kier molecular flexibility index (Phi) is 2.51. The lowest BCUT2D eigenvalue weighted by atomic mass is 10.2. The van der Waals surface area contributed by atoms with Crippen molar-refractivity contribution in [2.24, 2.45) is 0 Å². The molecule has 76 valence electrons. The number of halogens is 2. The quantitative estimate of drug-likeness (QED) is 0.738. The molecule has 0 radical (unpaired) electrons. The molecule has 0 bridgehead atoms. The second-order valence-corrected chi connectivity index (χ2v) is 3.22. The Morgan fingerprint density at radius 2 is 2.27 bits per heavy atom. The van der Waals surface area contributed by atoms with Crippen LogP contribution >= 0.6 is 11.6 Å². The van der Waals surface area contributed by atoms with E-state index in [-0.39, 0.29) is 11.7 Å². The van der Waals surface area contributed by atoms with Crippen molar-refractivity contribution in [2.45, 2.75) is 0 Å². The van der Waals surface area contributed by atoms with Crippen LogP contribution in [0.15, 0.2) is 28.8 Å². The van der Waals surface area contributed by atoms with Crippen LogP contribution in [0.5, 0.6) is 0 Å². The summed E-state index contributed by atoms with van der Waals surface area (Å²) in [6.45, 7) is 0. The van der Waals surface area contributed by atoms with Gasteiger partial charge in [0.15, 0.2) is 12.0 Å². The van der Waals surface area contributed by atoms with Crippen molar-refractivity contribution in [1.82, 2.24) is 4.98 Å². The summed E-state index contributed by atoms with van der Waals surface area (Å²) in [6.07, 6.45) is 1.77. The molecule has 0 aliphatic rings. The van der Waals surface area contributed by atoms with Gasteiger partial charge < -0.3 is 4.42 Å². The van der Waals surface area contributed by atoms with E-state index in [1.165, 1.54) is 24.4 Å². The smallest absolute Gasteiger partial charge is 0.228 e. The molecule has 0 fully saturated rings. The molecule has 2 aromatic rings. The van der Waals surface area contributed by atoms with Gasteiger partial charge in [0, 0.05) is 0 Å².